The van der Waals surface area contributed by atoms with Crippen LogP contribution >= 0.6 is 0 Å². The third-order valence-corrected chi connectivity index (χ3v) is 4.63. The monoisotopic (exact) mass is 336 g/mol. The van der Waals surface area contributed by atoms with E-state index in [9.17, 15) is 0 Å². The molecule has 1 aliphatic heterocycles. The second kappa shape index (κ2) is 6.47. The standard InChI is InChI=1S/C19H20N4O2/c1-24-15-8-6-13(7-9-15)18-11-17(22-19-20-12-21-23(18)19)14-4-3-5-16(10-14)25-2/h3-10,12,17-18H,11H2,1-2H3,(H,20,21,22)/t17-,18+/m0/s1. The van der Waals surface area contributed by atoms with Gasteiger partial charge in [-0.15, -0.1) is 0 Å². The van der Waals surface area contributed by atoms with Gasteiger partial charge in [0, 0.05) is 0 Å². The molecule has 0 fully saturated rings. The fraction of sp³-hybridized carbons (Fsp3) is 0.263. The minimum Gasteiger partial charge on any atom is -0.497 e. The molecule has 1 aliphatic rings. The van der Waals surface area contributed by atoms with E-state index < -0.39 is 0 Å². The Kier molecular flexibility index (Phi) is 4.01. The fourth-order valence-corrected chi connectivity index (χ4v) is 3.30. The molecule has 0 aliphatic carbocycles. The summed E-state index contributed by atoms with van der Waals surface area (Å²) in [5.41, 5.74) is 2.36. The van der Waals surface area contributed by atoms with Gasteiger partial charge in [-0.2, -0.15) is 10.1 Å². The highest BCUT2D eigenvalue weighted by Crippen LogP contribution is 2.38. The van der Waals surface area contributed by atoms with Gasteiger partial charge in [-0.3, -0.25) is 0 Å². The van der Waals surface area contributed by atoms with Crippen LogP contribution in [0, 0.1) is 0 Å². The van der Waals surface area contributed by atoms with E-state index in [1.54, 1.807) is 20.5 Å². The maximum absolute atomic E-state index is 5.36. The number of aromatic nitrogens is 3. The first-order valence-electron chi connectivity index (χ1n) is 8.22. The molecule has 3 aromatic rings. The van der Waals surface area contributed by atoms with E-state index in [1.807, 2.05) is 28.9 Å². The zero-order valence-electron chi connectivity index (χ0n) is 14.2. The van der Waals surface area contributed by atoms with E-state index in [0.29, 0.717) is 0 Å². The first kappa shape index (κ1) is 15.5. The number of nitrogens with one attached hydrogen (secondary N) is 1. The van der Waals surface area contributed by atoms with Crippen LogP contribution in [0.3, 0.4) is 0 Å². The van der Waals surface area contributed by atoms with Gasteiger partial charge in [-0.05, 0) is 41.8 Å². The van der Waals surface area contributed by atoms with Crippen LogP contribution in [0.5, 0.6) is 11.5 Å². The van der Waals surface area contributed by atoms with Gasteiger partial charge in [0.05, 0.1) is 26.3 Å². The highest BCUT2D eigenvalue weighted by molar-refractivity contribution is 5.41. The number of hydrogen-bond acceptors (Lipinski definition) is 5. The largest absolute Gasteiger partial charge is 0.497 e. The quantitative estimate of drug-likeness (QED) is 0.791. The van der Waals surface area contributed by atoms with Crippen LogP contribution in [0.25, 0.3) is 0 Å². The summed E-state index contributed by atoms with van der Waals surface area (Å²) in [6.45, 7) is 0. The highest BCUT2D eigenvalue weighted by Gasteiger charge is 2.30. The van der Waals surface area contributed by atoms with Gasteiger partial charge in [0.2, 0.25) is 5.95 Å². The van der Waals surface area contributed by atoms with Gasteiger partial charge in [0.25, 0.3) is 0 Å². The molecule has 1 N–H and O–H groups in total. The van der Waals surface area contributed by atoms with Crippen LogP contribution in [-0.2, 0) is 0 Å². The second-order valence-electron chi connectivity index (χ2n) is 6.03. The van der Waals surface area contributed by atoms with Crippen molar-refractivity contribution >= 4 is 5.95 Å². The van der Waals surface area contributed by atoms with E-state index in [0.717, 1.165) is 23.9 Å². The Balaban J connectivity index is 1.69. The van der Waals surface area contributed by atoms with Crippen LogP contribution in [0.4, 0.5) is 5.95 Å². The van der Waals surface area contributed by atoms with Crippen molar-refractivity contribution in [3.05, 3.63) is 66.0 Å². The predicted molar refractivity (Wildman–Crippen MR) is 95.1 cm³/mol. The van der Waals surface area contributed by atoms with Crippen molar-refractivity contribution in [2.24, 2.45) is 0 Å². The van der Waals surface area contributed by atoms with Crippen molar-refractivity contribution < 1.29 is 9.47 Å². The summed E-state index contributed by atoms with van der Waals surface area (Å²) in [7, 11) is 3.36. The molecule has 0 unspecified atom stereocenters. The molecule has 2 atom stereocenters. The van der Waals surface area contributed by atoms with Gasteiger partial charge in [0.1, 0.15) is 17.8 Å². The Labute approximate surface area is 146 Å². The van der Waals surface area contributed by atoms with Crippen molar-refractivity contribution in [2.75, 3.05) is 19.5 Å². The van der Waals surface area contributed by atoms with Gasteiger partial charge in [-0.1, -0.05) is 24.3 Å². The van der Waals surface area contributed by atoms with Crippen LogP contribution in [0.15, 0.2) is 54.9 Å². The minimum atomic E-state index is 0.112. The Morgan fingerprint density at radius 2 is 1.80 bits per heavy atom. The number of fused-ring (bicyclic) bond motifs is 1. The Morgan fingerprint density at radius 3 is 2.56 bits per heavy atom. The number of ether oxygens (including phenoxy) is 2. The molecule has 6 nitrogen and oxygen atoms in total. The summed E-state index contributed by atoms with van der Waals surface area (Å²) in [5, 5.41) is 7.88. The summed E-state index contributed by atoms with van der Waals surface area (Å²) in [5.74, 6) is 2.48. The lowest BCUT2D eigenvalue weighted by Gasteiger charge is -2.32. The molecular formula is C19H20N4O2. The van der Waals surface area contributed by atoms with Crippen molar-refractivity contribution in [2.45, 2.75) is 18.5 Å². The van der Waals surface area contributed by atoms with E-state index in [1.165, 1.54) is 11.1 Å². The lowest BCUT2D eigenvalue weighted by atomic mass is 9.93. The number of methoxy groups -OCH3 is 2. The Hall–Kier alpha value is -3.02. The fourth-order valence-electron chi connectivity index (χ4n) is 3.30. The molecule has 0 saturated carbocycles. The first-order valence-corrected chi connectivity index (χ1v) is 8.22. The van der Waals surface area contributed by atoms with Crippen LogP contribution in [-0.4, -0.2) is 29.0 Å². The molecule has 0 radical (unpaired) electrons. The predicted octanol–water partition coefficient (Wildman–Crippen LogP) is 3.44. The summed E-state index contributed by atoms with van der Waals surface area (Å²) in [4.78, 5) is 4.37. The van der Waals surface area contributed by atoms with Crippen molar-refractivity contribution in [1.82, 2.24) is 14.8 Å². The van der Waals surface area contributed by atoms with Crippen molar-refractivity contribution in [3.8, 4) is 11.5 Å². The minimum absolute atomic E-state index is 0.112. The molecule has 0 spiro atoms. The third kappa shape index (κ3) is 2.91. The highest BCUT2D eigenvalue weighted by atomic mass is 16.5. The maximum Gasteiger partial charge on any atom is 0.222 e. The molecule has 0 saturated heterocycles. The number of hydrogen-bond donors (Lipinski definition) is 1. The van der Waals surface area contributed by atoms with Crippen LogP contribution in [0.2, 0.25) is 0 Å². The number of anilines is 1. The molecular weight excluding hydrogens is 316 g/mol. The van der Waals surface area contributed by atoms with Crippen LogP contribution < -0.4 is 14.8 Å². The zero-order chi connectivity index (χ0) is 17.2. The average molecular weight is 336 g/mol. The molecule has 1 aromatic heterocycles. The Morgan fingerprint density at radius 1 is 1.00 bits per heavy atom. The van der Waals surface area contributed by atoms with Crippen LogP contribution in [0.1, 0.15) is 29.6 Å². The normalized spacial score (nSPS) is 19.0. The lowest BCUT2D eigenvalue weighted by molar-refractivity contribution is 0.408. The first-order chi connectivity index (χ1) is 12.3. The van der Waals surface area contributed by atoms with Gasteiger partial charge in [0.15, 0.2) is 0 Å². The van der Waals surface area contributed by atoms with E-state index >= 15 is 0 Å². The van der Waals surface area contributed by atoms with E-state index in [4.69, 9.17) is 9.47 Å². The maximum atomic E-state index is 5.36. The summed E-state index contributed by atoms with van der Waals surface area (Å²) in [6.07, 6.45) is 2.46. The number of rotatable bonds is 4. The average Bonchev–Trinajstić information content (AvgIpc) is 3.16. The van der Waals surface area contributed by atoms with Crippen molar-refractivity contribution in [1.29, 1.82) is 0 Å². The zero-order valence-corrected chi connectivity index (χ0v) is 14.2. The summed E-state index contributed by atoms with van der Waals surface area (Å²) >= 11 is 0. The molecule has 0 bridgehead atoms. The van der Waals surface area contributed by atoms with E-state index in [2.05, 4.69) is 39.7 Å². The van der Waals surface area contributed by atoms with E-state index in [-0.39, 0.29) is 12.1 Å². The molecule has 2 heterocycles. The van der Waals surface area contributed by atoms with Gasteiger partial charge < -0.3 is 14.8 Å². The smallest absolute Gasteiger partial charge is 0.222 e. The van der Waals surface area contributed by atoms with Gasteiger partial charge >= 0.3 is 0 Å². The number of nitrogens with zero attached hydrogens (tertiary/aromatic N) is 3. The number of benzene rings is 2. The molecule has 0 amide bonds. The summed E-state index contributed by atoms with van der Waals surface area (Å²) < 4.78 is 12.6. The Bertz CT molecular complexity index is 860. The summed E-state index contributed by atoms with van der Waals surface area (Å²) in [6, 6.07) is 16.5. The SMILES string of the molecule is COc1ccc([C@H]2C[C@@H](c3cccc(OC)c3)Nc3ncnn32)cc1. The molecule has 4 rings (SSSR count). The molecule has 6 heteroatoms. The lowest BCUT2D eigenvalue weighted by Crippen LogP contribution is -2.28. The molecule has 25 heavy (non-hydrogen) atoms. The second-order valence-corrected chi connectivity index (χ2v) is 6.03. The molecule has 2 aromatic carbocycles. The van der Waals surface area contributed by atoms with Gasteiger partial charge in [-0.25, -0.2) is 4.68 Å². The van der Waals surface area contributed by atoms with Crippen molar-refractivity contribution in [3.63, 3.8) is 0 Å². The molecule has 128 valence electrons. The third-order valence-electron chi connectivity index (χ3n) is 4.63. The topological polar surface area (TPSA) is 61.2 Å².